The molecule has 1 aliphatic heterocycles. The first kappa shape index (κ1) is 12.0. The highest BCUT2D eigenvalue weighted by molar-refractivity contribution is 5.35. The SMILES string of the molecule is C#CCCCC(O)C1COc2ccccc2C1. The Morgan fingerprint density at radius 3 is 3.12 bits per heavy atom. The Labute approximate surface area is 103 Å². The van der Waals surface area contributed by atoms with Crippen LogP contribution in [0.3, 0.4) is 0 Å². The zero-order chi connectivity index (χ0) is 12.1. The van der Waals surface area contributed by atoms with Crippen molar-refractivity contribution in [3.05, 3.63) is 29.8 Å². The van der Waals surface area contributed by atoms with Crippen LogP contribution in [-0.2, 0) is 6.42 Å². The van der Waals surface area contributed by atoms with E-state index < -0.39 is 0 Å². The quantitative estimate of drug-likeness (QED) is 0.635. The second kappa shape index (κ2) is 5.75. The number of aliphatic hydroxyl groups is 1. The van der Waals surface area contributed by atoms with E-state index in [9.17, 15) is 5.11 Å². The lowest BCUT2D eigenvalue weighted by atomic mass is 9.90. The summed E-state index contributed by atoms with van der Waals surface area (Å²) >= 11 is 0. The Hall–Kier alpha value is -1.46. The van der Waals surface area contributed by atoms with Crippen molar-refractivity contribution >= 4 is 0 Å². The van der Waals surface area contributed by atoms with Crippen molar-refractivity contribution < 1.29 is 9.84 Å². The zero-order valence-electron chi connectivity index (χ0n) is 9.93. The van der Waals surface area contributed by atoms with Crippen LogP contribution in [0.5, 0.6) is 5.75 Å². The molecular weight excluding hydrogens is 212 g/mol. The summed E-state index contributed by atoms with van der Waals surface area (Å²) in [6.45, 7) is 0.605. The van der Waals surface area contributed by atoms with E-state index in [-0.39, 0.29) is 12.0 Å². The summed E-state index contributed by atoms with van der Waals surface area (Å²) in [5.74, 6) is 3.75. The van der Waals surface area contributed by atoms with Gasteiger partial charge in [-0.05, 0) is 30.9 Å². The molecule has 2 nitrogen and oxygen atoms in total. The maximum absolute atomic E-state index is 10.1. The summed E-state index contributed by atoms with van der Waals surface area (Å²) in [6, 6.07) is 8.03. The summed E-state index contributed by atoms with van der Waals surface area (Å²) in [5, 5.41) is 10.1. The Bertz CT molecular complexity index is 406. The summed E-state index contributed by atoms with van der Waals surface area (Å²) in [5.41, 5.74) is 1.19. The normalized spacial score (nSPS) is 19.9. The number of unbranched alkanes of at least 4 members (excludes halogenated alkanes) is 1. The minimum absolute atomic E-state index is 0.197. The van der Waals surface area contributed by atoms with Gasteiger partial charge in [0, 0.05) is 12.3 Å². The smallest absolute Gasteiger partial charge is 0.122 e. The van der Waals surface area contributed by atoms with Gasteiger partial charge in [0.2, 0.25) is 0 Å². The molecule has 1 aromatic carbocycles. The molecule has 0 saturated heterocycles. The fraction of sp³-hybridized carbons (Fsp3) is 0.467. The Morgan fingerprint density at radius 1 is 1.47 bits per heavy atom. The highest BCUT2D eigenvalue weighted by atomic mass is 16.5. The van der Waals surface area contributed by atoms with Gasteiger partial charge >= 0.3 is 0 Å². The monoisotopic (exact) mass is 230 g/mol. The average Bonchev–Trinajstić information content (AvgIpc) is 2.38. The van der Waals surface area contributed by atoms with E-state index in [1.807, 2.05) is 18.2 Å². The minimum Gasteiger partial charge on any atom is -0.493 e. The lowest BCUT2D eigenvalue weighted by Gasteiger charge is -2.28. The molecule has 0 aliphatic carbocycles. The van der Waals surface area contributed by atoms with Gasteiger partial charge in [-0.2, -0.15) is 0 Å². The van der Waals surface area contributed by atoms with E-state index in [0.29, 0.717) is 6.61 Å². The van der Waals surface area contributed by atoms with Gasteiger partial charge in [-0.15, -0.1) is 12.3 Å². The van der Waals surface area contributed by atoms with Gasteiger partial charge in [-0.25, -0.2) is 0 Å². The fourth-order valence-electron chi connectivity index (χ4n) is 2.25. The third-order valence-corrected chi connectivity index (χ3v) is 3.27. The summed E-state index contributed by atoms with van der Waals surface area (Å²) in [6.07, 6.45) is 8.17. The molecule has 2 unspecified atom stereocenters. The Morgan fingerprint density at radius 2 is 2.29 bits per heavy atom. The molecule has 0 radical (unpaired) electrons. The highest BCUT2D eigenvalue weighted by Crippen LogP contribution is 2.29. The topological polar surface area (TPSA) is 29.5 Å². The summed E-state index contributed by atoms with van der Waals surface area (Å²) in [4.78, 5) is 0. The predicted octanol–water partition coefficient (Wildman–Crippen LogP) is 2.40. The van der Waals surface area contributed by atoms with Gasteiger partial charge in [0.1, 0.15) is 5.75 Å². The molecule has 17 heavy (non-hydrogen) atoms. The number of benzene rings is 1. The maximum Gasteiger partial charge on any atom is 0.122 e. The van der Waals surface area contributed by atoms with Crippen LogP contribution in [0, 0.1) is 18.3 Å². The summed E-state index contributed by atoms with van der Waals surface area (Å²) < 4.78 is 5.66. The van der Waals surface area contributed by atoms with Crippen molar-refractivity contribution in [1.82, 2.24) is 0 Å². The van der Waals surface area contributed by atoms with Crippen molar-refractivity contribution in [3.8, 4) is 18.1 Å². The van der Waals surface area contributed by atoms with Crippen LogP contribution in [0.25, 0.3) is 0 Å². The first-order chi connectivity index (χ1) is 8.31. The van der Waals surface area contributed by atoms with Crippen LogP contribution in [-0.4, -0.2) is 17.8 Å². The maximum atomic E-state index is 10.1. The average molecular weight is 230 g/mol. The van der Waals surface area contributed by atoms with Gasteiger partial charge < -0.3 is 9.84 Å². The highest BCUT2D eigenvalue weighted by Gasteiger charge is 2.25. The van der Waals surface area contributed by atoms with Crippen LogP contribution < -0.4 is 4.74 Å². The minimum atomic E-state index is -0.309. The van der Waals surface area contributed by atoms with Gasteiger partial charge in [-0.3, -0.25) is 0 Å². The number of para-hydroxylation sites is 1. The largest absolute Gasteiger partial charge is 0.493 e. The van der Waals surface area contributed by atoms with E-state index >= 15 is 0 Å². The standard InChI is InChI=1S/C15H18O2/c1-2-3-4-8-14(16)13-10-12-7-5-6-9-15(12)17-11-13/h1,5-7,9,13-14,16H,3-4,8,10-11H2. The van der Waals surface area contributed by atoms with E-state index in [0.717, 1.165) is 31.4 Å². The number of terminal acetylenes is 1. The van der Waals surface area contributed by atoms with Crippen LogP contribution in [0.2, 0.25) is 0 Å². The second-order valence-corrected chi connectivity index (χ2v) is 4.55. The zero-order valence-corrected chi connectivity index (χ0v) is 9.93. The van der Waals surface area contributed by atoms with Crippen LogP contribution >= 0.6 is 0 Å². The molecule has 1 aromatic rings. The third kappa shape index (κ3) is 3.01. The van der Waals surface area contributed by atoms with Crippen molar-refractivity contribution in [2.45, 2.75) is 31.8 Å². The lowest BCUT2D eigenvalue weighted by Crippen LogP contribution is -2.31. The number of hydrogen-bond acceptors (Lipinski definition) is 2. The number of fused-ring (bicyclic) bond motifs is 1. The van der Waals surface area contributed by atoms with Gasteiger partial charge in [0.25, 0.3) is 0 Å². The first-order valence-electron chi connectivity index (χ1n) is 6.13. The molecule has 0 amide bonds. The van der Waals surface area contributed by atoms with E-state index in [2.05, 4.69) is 12.0 Å². The first-order valence-corrected chi connectivity index (χ1v) is 6.13. The molecule has 0 bridgehead atoms. The van der Waals surface area contributed by atoms with Gasteiger partial charge in [0.15, 0.2) is 0 Å². The number of hydrogen-bond donors (Lipinski definition) is 1. The van der Waals surface area contributed by atoms with E-state index in [4.69, 9.17) is 11.2 Å². The summed E-state index contributed by atoms with van der Waals surface area (Å²) in [7, 11) is 0. The van der Waals surface area contributed by atoms with Crippen LogP contribution in [0.4, 0.5) is 0 Å². The predicted molar refractivity (Wildman–Crippen MR) is 67.8 cm³/mol. The van der Waals surface area contributed by atoms with Crippen molar-refractivity contribution in [1.29, 1.82) is 0 Å². The van der Waals surface area contributed by atoms with Crippen molar-refractivity contribution in [2.24, 2.45) is 5.92 Å². The molecule has 0 spiro atoms. The Kier molecular flexibility index (Phi) is 4.06. The molecule has 90 valence electrons. The molecule has 0 saturated carbocycles. The van der Waals surface area contributed by atoms with Crippen LogP contribution in [0.15, 0.2) is 24.3 Å². The number of aliphatic hydroxyl groups excluding tert-OH is 1. The molecule has 0 aromatic heterocycles. The Balaban J connectivity index is 1.91. The van der Waals surface area contributed by atoms with Gasteiger partial charge in [0.05, 0.1) is 12.7 Å². The molecule has 2 heteroatoms. The van der Waals surface area contributed by atoms with Crippen molar-refractivity contribution in [2.75, 3.05) is 6.61 Å². The number of ether oxygens (including phenoxy) is 1. The number of rotatable bonds is 4. The van der Waals surface area contributed by atoms with Gasteiger partial charge in [-0.1, -0.05) is 18.2 Å². The molecule has 1 heterocycles. The third-order valence-electron chi connectivity index (χ3n) is 3.27. The molecule has 2 rings (SSSR count). The lowest BCUT2D eigenvalue weighted by molar-refractivity contribution is 0.0576. The molecule has 0 fully saturated rings. The molecule has 2 atom stereocenters. The molecular formula is C15H18O2. The van der Waals surface area contributed by atoms with E-state index in [1.165, 1.54) is 5.56 Å². The fourth-order valence-corrected chi connectivity index (χ4v) is 2.25. The van der Waals surface area contributed by atoms with Crippen LogP contribution in [0.1, 0.15) is 24.8 Å². The molecule has 1 aliphatic rings. The van der Waals surface area contributed by atoms with E-state index in [1.54, 1.807) is 0 Å². The molecule has 1 N–H and O–H groups in total. The second-order valence-electron chi connectivity index (χ2n) is 4.55. The van der Waals surface area contributed by atoms with Crippen molar-refractivity contribution in [3.63, 3.8) is 0 Å².